The van der Waals surface area contributed by atoms with Gasteiger partial charge in [0.2, 0.25) is 0 Å². The molecule has 0 aromatic heterocycles. The molecule has 2 unspecified atom stereocenters. The van der Waals surface area contributed by atoms with Gasteiger partial charge in [0.15, 0.2) is 0 Å². The Morgan fingerprint density at radius 2 is 2.12 bits per heavy atom. The van der Waals surface area contributed by atoms with Crippen molar-refractivity contribution in [1.82, 2.24) is 5.32 Å². The van der Waals surface area contributed by atoms with Crippen molar-refractivity contribution in [1.29, 1.82) is 0 Å². The van der Waals surface area contributed by atoms with Gasteiger partial charge in [0.25, 0.3) is 0 Å². The van der Waals surface area contributed by atoms with Crippen LogP contribution in [0.15, 0.2) is 0 Å². The van der Waals surface area contributed by atoms with E-state index in [1.807, 2.05) is 0 Å². The van der Waals surface area contributed by atoms with Gasteiger partial charge in [-0.15, -0.1) is 0 Å². The van der Waals surface area contributed by atoms with E-state index in [1.165, 1.54) is 12.8 Å². The number of rotatable bonds is 8. The quantitative estimate of drug-likeness (QED) is 0.692. The molecule has 1 saturated heterocycles. The molecule has 3 nitrogen and oxygen atoms in total. The summed E-state index contributed by atoms with van der Waals surface area (Å²) in [5, 5.41) is 3.54. The molecule has 96 valence electrons. The zero-order valence-corrected chi connectivity index (χ0v) is 11.0. The van der Waals surface area contributed by atoms with Gasteiger partial charge in [-0.2, -0.15) is 0 Å². The third-order valence-electron chi connectivity index (χ3n) is 3.38. The van der Waals surface area contributed by atoms with E-state index < -0.39 is 0 Å². The number of hydrogen-bond acceptors (Lipinski definition) is 3. The lowest BCUT2D eigenvalue weighted by Crippen LogP contribution is -2.35. The fraction of sp³-hybridized carbons (Fsp3) is 1.00. The van der Waals surface area contributed by atoms with Crippen LogP contribution in [0, 0.1) is 5.92 Å². The summed E-state index contributed by atoms with van der Waals surface area (Å²) in [5.41, 5.74) is 0. The minimum atomic E-state index is 0.331. The minimum Gasteiger partial charge on any atom is -0.379 e. The molecular formula is C13H27NO2. The molecule has 0 radical (unpaired) electrons. The Kier molecular flexibility index (Phi) is 7.01. The molecule has 0 amide bonds. The number of nitrogens with one attached hydrogen (secondary N) is 1. The van der Waals surface area contributed by atoms with Crippen molar-refractivity contribution in [3.05, 3.63) is 0 Å². The second-order valence-corrected chi connectivity index (χ2v) is 4.81. The van der Waals surface area contributed by atoms with Gasteiger partial charge < -0.3 is 14.8 Å². The minimum absolute atomic E-state index is 0.331. The fourth-order valence-corrected chi connectivity index (χ4v) is 1.93. The van der Waals surface area contributed by atoms with Crippen molar-refractivity contribution in [2.24, 2.45) is 5.92 Å². The number of ether oxygens (including phenoxy) is 2. The fourth-order valence-electron chi connectivity index (χ4n) is 1.93. The van der Waals surface area contributed by atoms with Gasteiger partial charge in [-0.3, -0.25) is 0 Å². The first kappa shape index (κ1) is 13.9. The van der Waals surface area contributed by atoms with Crippen LogP contribution in [-0.4, -0.2) is 38.5 Å². The van der Waals surface area contributed by atoms with Crippen LogP contribution >= 0.6 is 0 Å². The summed E-state index contributed by atoms with van der Waals surface area (Å²) in [6.07, 6.45) is 3.90. The molecule has 2 atom stereocenters. The average Bonchev–Trinajstić information content (AvgIpc) is 2.80. The summed E-state index contributed by atoms with van der Waals surface area (Å²) in [7, 11) is 0. The highest BCUT2D eigenvalue weighted by atomic mass is 16.5. The lowest BCUT2D eigenvalue weighted by molar-refractivity contribution is 0.0319. The molecule has 0 spiro atoms. The van der Waals surface area contributed by atoms with E-state index in [4.69, 9.17) is 9.47 Å². The highest BCUT2D eigenvalue weighted by Crippen LogP contribution is 2.09. The van der Waals surface area contributed by atoms with Crippen LogP contribution < -0.4 is 5.32 Å². The molecule has 1 heterocycles. The summed E-state index contributed by atoms with van der Waals surface area (Å²) in [6, 6.07) is 0.446. The maximum absolute atomic E-state index is 5.78. The summed E-state index contributed by atoms with van der Waals surface area (Å²) in [4.78, 5) is 0. The lowest BCUT2D eigenvalue weighted by atomic mass is 10.0. The highest BCUT2D eigenvalue weighted by Gasteiger charge is 2.17. The third-order valence-corrected chi connectivity index (χ3v) is 3.38. The normalized spacial score (nSPS) is 22.9. The van der Waals surface area contributed by atoms with Gasteiger partial charge >= 0.3 is 0 Å². The summed E-state index contributed by atoms with van der Waals surface area (Å²) >= 11 is 0. The predicted molar refractivity (Wildman–Crippen MR) is 66.7 cm³/mol. The van der Waals surface area contributed by atoms with Gasteiger partial charge in [-0.1, -0.05) is 26.7 Å². The second-order valence-electron chi connectivity index (χ2n) is 4.81. The third kappa shape index (κ3) is 5.28. The molecule has 0 bridgehead atoms. The van der Waals surface area contributed by atoms with Gasteiger partial charge in [0, 0.05) is 12.6 Å². The van der Waals surface area contributed by atoms with Crippen molar-refractivity contribution in [2.75, 3.05) is 26.4 Å². The van der Waals surface area contributed by atoms with Crippen molar-refractivity contribution in [3.63, 3.8) is 0 Å². The van der Waals surface area contributed by atoms with Crippen LogP contribution in [0.4, 0.5) is 0 Å². The Morgan fingerprint density at radius 1 is 1.38 bits per heavy atom. The molecule has 1 rings (SSSR count). The van der Waals surface area contributed by atoms with Gasteiger partial charge in [0.1, 0.15) is 0 Å². The van der Waals surface area contributed by atoms with Crippen molar-refractivity contribution in [3.8, 4) is 0 Å². The lowest BCUT2D eigenvalue weighted by Gasteiger charge is -2.20. The average molecular weight is 229 g/mol. The van der Waals surface area contributed by atoms with E-state index in [0.717, 1.165) is 38.7 Å². The zero-order chi connectivity index (χ0) is 11.8. The molecule has 0 aromatic carbocycles. The molecule has 0 aliphatic carbocycles. The molecular weight excluding hydrogens is 202 g/mol. The highest BCUT2D eigenvalue weighted by molar-refractivity contribution is 4.68. The van der Waals surface area contributed by atoms with Crippen molar-refractivity contribution >= 4 is 0 Å². The standard InChI is InChI=1S/C13H27NO2/c1-4-12(5-2)8-14-11(3)9-16-13-6-7-15-10-13/h11-14H,4-10H2,1-3H3. The molecule has 1 aliphatic heterocycles. The second kappa shape index (κ2) is 8.04. The first-order valence-electron chi connectivity index (χ1n) is 6.69. The molecule has 16 heavy (non-hydrogen) atoms. The van der Waals surface area contributed by atoms with E-state index >= 15 is 0 Å². The van der Waals surface area contributed by atoms with E-state index in [1.54, 1.807) is 0 Å². The van der Waals surface area contributed by atoms with Crippen LogP contribution in [0.5, 0.6) is 0 Å². The molecule has 3 heteroatoms. The first-order valence-corrected chi connectivity index (χ1v) is 6.69. The number of hydrogen-bond donors (Lipinski definition) is 1. The van der Waals surface area contributed by atoms with Crippen molar-refractivity contribution < 1.29 is 9.47 Å². The summed E-state index contributed by atoms with van der Waals surface area (Å²) in [5.74, 6) is 0.803. The Balaban J connectivity index is 2.03. The molecule has 1 fully saturated rings. The topological polar surface area (TPSA) is 30.5 Å². The van der Waals surface area contributed by atoms with E-state index in [2.05, 4.69) is 26.1 Å². The monoisotopic (exact) mass is 229 g/mol. The Morgan fingerprint density at radius 3 is 2.69 bits per heavy atom. The molecule has 1 N–H and O–H groups in total. The predicted octanol–water partition coefficient (Wildman–Crippen LogP) is 2.21. The van der Waals surface area contributed by atoms with Gasteiger partial charge in [0.05, 0.1) is 19.3 Å². The summed E-state index contributed by atoms with van der Waals surface area (Å²) in [6.45, 7) is 10.3. The van der Waals surface area contributed by atoms with E-state index in [9.17, 15) is 0 Å². The van der Waals surface area contributed by atoms with Crippen LogP contribution in [0.2, 0.25) is 0 Å². The van der Waals surface area contributed by atoms with Gasteiger partial charge in [-0.05, 0) is 25.8 Å². The maximum Gasteiger partial charge on any atom is 0.0831 e. The molecule has 1 aliphatic rings. The van der Waals surface area contributed by atoms with Crippen LogP contribution in [-0.2, 0) is 9.47 Å². The maximum atomic E-state index is 5.78. The molecule has 0 aromatic rings. The van der Waals surface area contributed by atoms with Crippen LogP contribution in [0.25, 0.3) is 0 Å². The molecule has 0 saturated carbocycles. The van der Waals surface area contributed by atoms with E-state index in [-0.39, 0.29) is 0 Å². The Hall–Kier alpha value is -0.120. The van der Waals surface area contributed by atoms with Crippen LogP contribution in [0.1, 0.15) is 40.0 Å². The SMILES string of the molecule is CCC(CC)CNC(C)COC1CCOC1. The van der Waals surface area contributed by atoms with Crippen LogP contribution in [0.3, 0.4) is 0 Å². The Bertz CT molecular complexity index is 159. The summed E-state index contributed by atoms with van der Waals surface area (Å²) < 4.78 is 11.1. The smallest absolute Gasteiger partial charge is 0.0831 e. The van der Waals surface area contributed by atoms with E-state index in [0.29, 0.717) is 12.1 Å². The first-order chi connectivity index (χ1) is 7.76. The largest absolute Gasteiger partial charge is 0.379 e. The zero-order valence-electron chi connectivity index (χ0n) is 11.0. The van der Waals surface area contributed by atoms with Gasteiger partial charge in [-0.25, -0.2) is 0 Å². The van der Waals surface area contributed by atoms with Crippen molar-refractivity contribution in [2.45, 2.75) is 52.2 Å². The Labute approximate surface area is 99.9 Å².